The maximum atomic E-state index is 14.1. The molecule has 4 aromatic rings. The van der Waals surface area contributed by atoms with Crippen LogP contribution in [0, 0.1) is 23.7 Å². The fourth-order valence-corrected chi connectivity index (χ4v) is 16.6. The van der Waals surface area contributed by atoms with Crippen LogP contribution < -0.4 is 14.9 Å². The van der Waals surface area contributed by atoms with E-state index in [2.05, 4.69) is 15.4 Å². The predicted octanol–water partition coefficient (Wildman–Crippen LogP) is 4.64. The van der Waals surface area contributed by atoms with Crippen molar-refractivity contribution in [3.63, 3.8) is 0 Å². The highest BCUT2D eigenvalue weighted by Crippen LogP contribution is 2.57. The summed E-state index contributed by atoms with van der Waals surface area (Å²) in [4.78, 5) is 83.8. The van der Waals surface area contributed by atoms with Gasteiger partial charge in [-0.2, -0.15) is 5.10 Å². The first kappa shape index (κ1) is 70.1. The Kier molecular flexibility index (Phi) is 19.0. The number of rotatable bonds is 14. The van der Waals surface area contributed by atoms with Crippen molar-refractivity contribution in [2.45, 2.75) is 178 Å². The van der Waals surface area contributed by atoms with Crippen molar-refractivity contribution >= 4 is 40.5 Å². The summed E-state index contributed by atoms with van der Waals surface area (Å²) in [5.74, 6) is -6.83. The van der Waals surface area contributed by atoms with Crippen LogP contribution in [0.4, 0.5) is 0 Å². The Morgan fingerprint density at radius 2 is 1.13 bits per heavy atom. The van der Waals surface area contributed by atoms with E-state index in [1.54, 1.807) is 48.0 Å². The summed E-state index contributed by atoms with van der Waals surface area (Å²) in [7, 11) is 5.84. The number of aromatic hydroxyl groups is 4. The van der Waals surface area contributed by atoms with Gasteiger partial charge < -0.3 is 92.6 Å². The first-order valence-electron chi connectivity index (χ1n) is 33.4. The number of carbonyl (C=O) groups excluding carboxylic acids is 6. The third kappa shape index (κ3) is 11.6. The van der Waals surface area contributed by atoms with Crippen LogP contribution in [0.1, 0.15) is 172 Å². The number of ketones is 5. The van der Waals surface area contributed by atoms with Crippen molar-refractivity contribution in [1.82, 2.24) is 10.3 Å². The van der Waals surface area contributed by atoms with E-state index >= 15 is 0 Å². The van der Waals surface area contributed by atoms with Gasteiger partial charge >= 0.3 is 0 Å². The molecule has 6 saturated heterocycles. The van der Waals surface area contributed by atoms with Crippen LogP contribution in [-0.4, -0.2) is 215 Å². The molecule has 14 rings (SSSR count). The molecule has 28 heteroatoms. The summed E-state index contributed by atoms with van der Waals surface area (Å²) in [5.41, 5.74) is -3.85. The van der Waals surface area contributed by atoms with Gasteiger partial charge in [0.05, 0.1) is 104 Å². The Balaban J connectivity index is 0.000000179. The van der Waals surface area contributed by atoms with Crippen LogP contribution in [0.25, 0.3) is 0 Å². The van der Waals surface area contributed by atoms with E-state index in [0.29, 0.717) is 26.2 Å². The average Bonchev–Trinajstić information content (AvgIpc) is 1.58. The van der Waals surface area contributed by atoms with Crippen LogP contribution in [0.2, 0.25) is 0 Å². The second-order valence-corrected chi connectivity index (χ2v) is 27.6. The number of nitrogens with one attached hydrogen (secondary N) is 1. The predicted molar refractivity (Wildman–Crippen MR) is 342 cm³/mol. The van der Waals surface area contributed by atoms with Gasteiger partial charge in [-0.05, 0) is 44.2 Å². The molecule has 532 valence electrons. The highest BCUT2D eigenvalue weighted by molar-refractivity contribution is 6.32. The summed E-state index contributed by atoms with van der Waals surface area (Å²) in [6.07, 6.45) is -7.57. The molecule has 0 spiro atoms. The van der Waals surface area contributed by atoms with Gasteiger partial charge in [-0.1, -0.05) is 52.0 Å². The van der Waals surface area contributed by atoms with Crippen molar-refractivity contribution in [2.24, 2.45) is 28.8 Å². The zero-order valence-electron chi connectivity index (χ0n) is 56.4. The fourth-order valence-electron chi connectivity index (χ4n) is 16.6. The van der Waals surface area contributed by atoms with Crippen LogP contribution in [0.3, 0.4) is 0 Å². The largest absolute Gasteiger partial charge is 0.507 e. The van der Waals surface area contributed by atoms with E-state index in [-0.39, 0.29) is 129 Å². The SMILES string of the molecule is COc1cccc2c1C(=O)c1c(O)c3c(c(O)c1C2=O)C[C@@](O)(/C(CO)=N/NC(=O)C(C)C)C[C@@H]3O[C@H]1C[C@H]2[C@H](O[C@@H]3[C@@H](OC)OCCN32)[C@H](C)O1.COc1cccc2c1C(=O)c1c(O)c3c(c(O)c1C2=O)C[C@@](O)(C(=O)C(C)C)C[C@@H]3O[C@H]1C[C@@H]2C3CCO[C@H](OC)[C@H]3O[C@@H]2[C@H](C)O1. The van der Waals surface area contributed by atoms with Crippen molar-refractivity contribution in [1.29, 1.82) is 0 Å². The number of fused-ring (bicyclic) bond motifs is 12. The molecule has 6 heterocycles. The van der Waals surface area contributed by atoms with Gasteiger partial charge in [-0.15, -0.1) is 0 Å². The number of benzene rings is 4. The second kappa shape index (κ2) is 26.9. The first-order chi connectivity index (χ1) is 47.2. The summed E-state index contributed by atoms with van der Waals surface area (Å²) in [6, 6.07) is 8.81. The minimum Gasteiger partial charge on any atom is -0.507 e. The lowest BCUT2D eigenvalue weighted by Crippen LogP contribution is -2.55. The average molecular weight is 1380 g/mol. The number of phenolic OH excluding ortho intramolecular Hbond substituents is 4. The number of carbonyl (C=O) groups is 6. The van der Waals surface area contributed by atoms with Gasteiger partial charge in [0.1, 0.15) is 57.9 Å². The molecule has 8 N–H and O–H groups in total. The lowest BCUT2D eigenvalue weighted by molar-refractivity contribution is -0.259. The number of nitrogens with zero attached hydrogens (tertiary/aromatic N) is 2. The van der Waals surface area contributed by atoms with Gasteiger partial charge in [0.2, 0.25) is 17.5 Å². The molecule has 17 atom stereocenters. The Bertz CT molecular complexity index is 3980. The Hall–Kier alpha value is -7.39. The van der Waals surface area contributed by atoms with Gasteiger partial charge in [-0.25, -0.2) is 5.43 Å². The molecular weight excluding hydrogens is 1290 g/mol. The molecule has 6 fully saturated rings. The molecule has 4 aromatic carbocycles. The number of aliphatic hydroxyl groups is 3. The number of hydrogen-bond acceptors (Lipinski definition) is 27. The van der Waals surface area contributed by atoms with Crippen LogP contribution in [0.15, 0.2) is 41.5 Å². The third-order valence-corrected chi connectivity index (χ3v) is 21.3. The molecule has 1 unspecified atom stereocenters. The lowest BCUT2D eigenvalue weighted by Gasteiger charge is -2.44. The van der Waals surface area contributed by atoms with Crippen molar-refractivity contribution in [3.05, 3.63) is 103 Å². The van der Waals surface area contributed by atoms with E-state index < -0.39 is 166 Å². The lowest BCUT2D eigenvalue weighted by atomic mass is 9.70. The molecule has 0 radical (unpaired) electrons. The number of methoxy groups -OCH3 is 4. The van der Waals surface area contributed by atoms with E-state index in [0.717, 1.165) is 6.42 Å². The fraction of sp³-hybridized carbons (Fsp3) is 0.563. The Morgan fingerprint density at radius 1 is 0.616 bits per heavy atom. The van der Waals surface area contributed by atoms with Crippen molar-refractivity contribution < 1.29 is 121 Å². The quantitative estimate of drug-likeness (QED) is 0.0418. The highest BCUT2D eigenvalue weighted by Gasteiger charge is 2.59. The molecule has 0 aromatic heterocycles. The van der Waals surface area contributed by atoms with E-state index in [1.807, 2.05) is 13.8 Å². The maximum Gasteiger partial charge on any atom is 0.242 e. The van der Waals surface area contributed by atoms with Gasteiger partial charge in [-0.3, -0.25) is 33.7 Å². The Labute approximate surface area is 569 Å². The molecule has 0 bridgehead atoms. The van der Waals surface area contributed by atoms with Gasteiger partial charge in [0.15, 0.2) is 48.7 Å². The number of hydrogen-bond donors (Lipinski definition) is 8. The number of amides is 1. The minimum atomic E-state index is -2.07. The molecule has 99 heavy (non-hydrogen) atoms. The number of hydrazone groups is 1. The van der Waals surface area contributed by atoms with Crippen LogP contribution in [-0.2, 0) is 69.8 Å². The summed E-state index contributed by atoms with van der Waals surface area (Å²) in [6.45, 7) is 11.0. The summed E-state index contributed by atoms with van der Waals surface area (Å²) in [5, 5.41) is 85.9. The number of Topliss-reactive ketones (excluding diaryl/α,β-unsaturated/α-hetero) is 1. The number of phenols is 4. The molecule has 1 amide bonds. The zero-order chi connectivity index (χ0) is 70.7. The van der Waals surface area contributed by atoms with Crippen molar-refractivity contribution in [3.8, 4) is 34.5 Å². The van der Waals surface area contributed by atoms with E-state index in [4.69, 9.17) is 56.8 Å². The number of morpholine rings is 1. The zero-order valence-corrected chi connectivity index (χ0v) is 56.4. The smallest absolute Gasteiger partial charge is 0.242 e. The monoisotopic (exact) mass is 1380 g/mol. The Morgan fingerprint density at radius 3 is 1.66 bits per heavy atom. The van der Waals surface area contributed by atoms with Gasteiger partial charge in [0, 0.05) is 111 Å². The van der Waals surface area contributed by atoms with Crippen molar-refractivity contribution in [2.75, 3.05) is 54.8 Å². The first-order valence-corrected chi connectivity index (χ1v) is 33.4. The van der Waals surface area contributed by atoms with E-state index in [9.17, 15) is 64.5 Å². The van der Waals surface area contributed by atoms with Crippen LogP contribution >= 0.6 is 0 Å². The minimum absolute atomic E-state index is 0.00804. The normalized spacial score (nSPS) is 32.8. The molecular formula is C71H83N3O25. The number of aliphatic hydroxyl groups excluding tert-OH is 1. The highest BCUT2D eigenvalue weighted by atomic mass is 16.7. The molecule has 10 aliphatic rings. The second-order valence-electron chi connectivity index (χ2n) is 27.6. The molecule has 4 aliphatic carbocycles. The third-order valence-electron chi connectivity index (χ3n) is 21.3. The molecule has 0 saturated carbocycles. The maximum absolute atomic E-state index is 14.1. The van der Waals surface area contributed by atoms with Gasteiger partial charge in [0.25, 0.3) is 0 Å². The summed E-state index contributed by atoms with van der Waals surface area (Å²) < 4.78 is 71.7. The van der Waals surface area contributed by atoms with E-state index in [1.165, 1.54) is 44.6 Å². The summed E-state index contributed by atoms with van der Waals surface area (Å²) >= 11 is 0. The molecule has 28 nitrogen and oxygen atoms in total. The molecule has 6 aliphatic heterocycles. The topological polar surface area (TPSA) is 382 Å². The number of ether oxygens (including phenoxy) is 12. The van der Waals surface area contributed by atoms with Crippen LogP contribution in [0.5, 0.6) is 34.5 Å². The standard InChI is InChI=1S/C36H43N3O13.C35H40O12/c1-15(2)33(45)38-37-22(14-40)36(46)12-18-25(31(44)27-26(29(18)42)28(41)17-7-6-8-20(47-4)24(17)30(27)43)21(13-36)51-23-11-19-32(16(3)50-23)52-34-35(48-5)49-10-9-39(19)34;1-14(2)33(40)35(41)12-19-24(30(39)26-25(28(19)37)27(36)17-7-6-8-20(42-4)23(17)29(26)38)21(13-35)46-22-11-18-16-9-10-44-34(43-5)32(16)47-31(18)15(3)45-22/h6-8,15-16,19,21,23,32,34-35,40,42,44,46H,9-14H2,1-5H3,(H,38,45);6-8,14-16,18,21-22,31-32,34,37,39,41H,9-13H2,1-5H3/b37-22+;/t16-,19-,21-,23-,32+,34+,35-,36-;15-,16?,18+,21-,22-,31+,32-,34-,35-/m00/s1.